The van der Waals surface area contributed by atoms with Crippen LogP contribution in [0.1, 0.15) is 11.3 Å². The molecule has 1 rings (SSSR count). The van der Waals surface area contributed by atoms with E-state index in [0.29, 0.717) is 0 Å². The van der Waals surface area contributed by atoms with Crippen molar-refractivity contribution in [1.82, 2.24) is 9.78 Å². The molecule has 0 amide bonds. The summed E-state index contributed by atoms with van der Waals surface area (Å²) in [5.74, 6) is 0. The van der Waals surface area contributed by atoms with Crippen molar-refractivity contribution in [3.63, 3.8) is 0 Å². The van der Waals surface area contributed by atoms with Crippen LogP contribution in [0.15, 0.2) is 12.3 Å². The normalized spacial score (nSPS) is 13.7. The minimum absolute atomic E-state index is 0.263. The summed E-state index contributed by atoms with van der Waals surface area (Å²) in [5.41, 5.74) is -1.22. The summed E-state index contributed by atoms with van der Waals surface area (Å²) in [5, 5.41) is 3.72. The Balaban J connectivity index is 2.85. The third kappa shape index (κ3) is 1.42. The van der Waals surface area contributed by atoms with Crippen molar-refractivity contribution < 1.29 is 4.39 Å². The average molecular weight is 149 g/mol. The lowest BCUT2D eigenvalue weighted by molar-refractivity contribution is 0.447. The third-order valence-corrected chi connectivity index (χ3v) is 1.18. The van der Waals surface area contributed by atoms with E-state index in [1.807, 2.05) is 0 Å². The summed E-state index contributed by atoms with van der Waals surface area (Å²) >= 11 is 5.07. The summed E-state index contributed by atoms with van der Waals surface area (Å²) in [4.78, 5) is 0. The quantitative estimate of drug-likeness (QED) is 0.554. The van der Waals surface area contributed by atoms with E-state index in [1.54, 1.807) is 13.2 Å². The average Bonchev–Trinajstić information content (AvgIpc) is 2.14. The highest BCUT2D eigenvalue weighted by Crippen LogP contribution is 2.18. The molecule has 0 saturated heterocycles. The molecule has 0 bridgehead atoms. The third-order valence-electron chi connectivity index (χ3n) is 0.958. The Morgan fingerprint density at radius 1 is 1.89 bits per heavy atom. The molecule has 0 N–H and O–H groups in total. The Kier molecular flexibility index (Phi) is 1.71. The Hall–Kier alpha value is -0.570. The number of nitrogens with zero attached hydrogens (tertiary/aromatic N) is 2. The number of hydrogen-bond donors (Lipinski definition) is 0. The van der Waals surface area contributed by atoms with E-state index in [1.165, 1.54) is 10.7 Å². The molecule has 50 valence electrons. The van der Waals surface area contributed by atoms with Gasteiger partial charge in [0, 0.05) is 13.2 Å². The molecule has 0 radical (unpaired) electrons. The second-order valence-electron chi connectivity index (χ2n) is 1.71. The van der Waals surface area contributed by atoms with Crippen molar-refractivity contribution in [2.24, 2.45) is 7.05 Å². The van der Waals surface area contributed by atoms with E-state index >= 15 is 0 Å². The first-order valence-corrected chi connectivity index (χ1v) is 2.91. The standard InChI is InChI=1S/C5H6ClFN2/c1-9-3-2-4(8-9)5(6)7/h2-3,5H,1H3. The predicted octanol–water partition coefficient (Wildman–Crippen LogP) is 1.63. The summed E-state index contributed by atoms with van der Waals surface area (Å²) < 4.78 is 13.6. The Morgan fingerprint density at radius 2 is 2.56 bits per heavy atom. The maximum Gasteiger partial charge on any atom is 0.217 e. The lowest BCUT2D eigenvalue weighted by atomic mass is 10.5. The Morgan fingerprint density at radius 3 is 2.78 bits per heavy atom. The van der Waals surface area contributed by atoms with Crippen LogP contribution in [0.5, 0.6) is 0 Å². The minimum Gasteiger partial charge on any atom is -0.275 e. The molecular formula is C5H6ClFN2. The molecule has 0 fully saturated rings. The highest BCUT2D eigenvalue weighted by molar-refractivity contribution is 6.19. The molecule has 1 atom stereocenters. The number of hydrogen-bond acceptors (Lipinski definition) is 1. The molecule has 4 heteroatoms. The number of alkyl halides is 2. The molecule has 1 aromatic rings. The zero-order valence-corrected chi connectivity index (χ0v) is 5.64. The highest BCUT2D eigenvalue weighted by atomic mass is 35.5. The number of aryl methyl sites for hydroxylation is 1. The first-order chi connectivity index (χ1) is 4.20. The van der Waals surface area contributed by atoms with Gasteiger partial charge in [0.2, 0.25) is 5.63 Å². The monoisotopic (exact) mass is 148 g/mol. The van der Waals surface area contributed by atoms with Gasteiger partial charge in [-0.3, -0.25) is 4.68 Å². The van der Waals surface area contributed by atoms with Crippen LogP contribution in [-0.4, -0.2) is 9.78 Å². The van der Waals surface area contributed by atoms with Crippen LogP contribution < -0.4 is 0 Å². The van der Waals surface area contributed by atoms with Crippen LogP contribution >= 0.6 is 11.6 Å². The smallest absolute Gasteiger partial charge is 0.217 e. The van der Waals surface area contributed by atoms with Gasteiger partial charge in [0.25, 0.3) is 0 Å². The van der Waals surface area contributed by atoms with Crippen molar-refractivity contribution in [2.45, 2.75) is 5.63 Å². The summed E-state index contributed by atoms with van der Waals surface area (Å²) in [6.45, 7) is 0. The maximum atomic E-state index is 12.1. The minimum atomic E-state index is -1.48. The molecule has 0 saturated carbocycles. The predicted molar refractivity (Wildman–Crippen MR) is 32.9 cm³/mol. The number of halogens is 2. The summed E-state index contributed by atoms with van der Waals surface area (Å²) in [6.07, 6.45) is 1.64. The van der Waals surface area contributed by atoms with Crippen molar-refractivity contribution >= 4 is 11.6 Å². The maximum absolute atomic E-state index is 12.1. The molecule has 9 heavy (non-hydrogen) atoms. The van der Waals surface area contributed by atoms with E-state index in [2.05, 4.69) is 5.10 Å². The second-order valence-corrected chi connectivity index (χ2v) is 2.10. The van der Waals surface area contributed by atoms with E-state index in [0.717, 1.165) is 0 Å². The second kappa shape index (κ2) is 2.35. The Labute approximate surface area is 57.2 Å². The van der Waals surface area contributed by atoms with Gasteiger partial charge in [-0.1, -0.05) is 11.6 Å². The van der Waals surface area contributed by atoms with Crippen LogP contribution in [0, 0.1) is 0 Å². The largest absolute Gasteiger partial charge is 0.275 e. The van der Waals surface area contributed by atoms with Gasteiger partial charge in [0.1, 0.15) is 5.69 Å². The zero-order chi connectivity index (χ0) is 6.85. The van der Waals surface area contributed by atoms with Crippen molar-refractivity contribution in [3.8, 4) is 0 Å². The van der Waals surface area contributed by atoms with Gasteiger partial charge in [-0.2, -0.15) is 5.10 Å². The highest BCUT2D eigenvalue weighted by Gasteiger charge is 2.06. The molecule has 0 aliphatic carbocycles. The van der Waals surface area contributed by atoms with E-state index in [-0.39, 0.29) is 5.69 Å². The first kappa shape index (κ1) is 6.55. The fraction of sp³-hybridized carbons (Fsp3) is 0.400. The van der Waals surface area contributed by atoms with Gasteiger partial charge < -0.3 is 0 Å². The van der Waals surface area contributed by atoms with Crippen molar-refractivity contribution in [1.29, 1.82) is 0 Å². The van der Waals surface area contributed by atoms with Crippen molar-refractivity contribution in [2.75, 3.05) is 0 Å². The van der Waals surface area contributed by atoms with Gasteiger partial charge in [-0.05, 0) is 6.07 Å². The molecular weight excluding hydrogens is 143 g/mol. The van der Waals surface area contributed by atoms with Crippen LogP contribution in [0.2, 0.25) is 0 Å². The van der Waals surface area contributed by atoms with E-state index in [9.17, 15) is 4.39 Å². The van der Waals surface area contributed by atoms with Gasteiger partial charge in [-0.25, -0.2) is 4.39 Å². The molecule has 0 spiro atoms. The molecule has 0 aromatic carbocycles. The van der Waals surface area contributed by atoms with E-state index < -0.39 is 5.63 Å². The molecule has 1 aromatic heterocycles. The fourth-order valence-corrected chi connectivity index (χ4v) is 0.666. The summed E-state index contributed by atoms with van der Waals surface area (Å²) in [7, 11) is 1.71. The first-order valence-electron chi connectivity index (χ1n) is 2.48. The topological polar surface area (TPSA) is 17.8 Å². The van der Waals surface area contributed by atoms with Gasteiger partial charge in [-0.15, -0.1) is 0 Å². The molecule has 2 nitrogen and oxygen atoms in total. The fourth-order valence-electron chi connectivity index (χ4n) is 0.549. The van der Waals surface area contributed by atoms with Crippen LogP contribution in [-0.2, 0) is 7.05 Å². The molecule has 0 aliphatic rings. The van der Waals surface area contributed by atoms with Gasteiger partial charge in [0.05, 0.1) is 0 Å². The SMILES string of the molecule is Cn1ccc(C(F)Cl)n1. The van der Waals surface area contributed by atoms with Crippen LogP contribution in [0.4, 0.5) is 4.39 Å². The molecule has 1 unspecified atom stereocenters. The molecule has 1 heterocycles. The van der Waals surface area contributed by atoms with Crippen LogP contribution in [0.25, 0.3) is 0 Å². The molecule has 0 aliphatic heterocycles. The van der Waals surface area contributed by atoms with E-state index in [4.69, 9.17) is 11.6 Å². The zero-order valence-electron chi connectivity index (χ0n) is 4.88. The van der Waals surface area contributed by atoms with Crippen LogP contribution in [0.3, 0.4) is 0 Å². The number of aromatic nitrogens is 2. The van der Waals surface area contributed by atoms with Crippen molar-refractivity contribution in [3.05, 3.63) is 18.0 Å². The lowest BCUT2D eigenvalue weighted by Gasteiger charge is -1.89. The number of rotatable bonds is 1. The Bertz CT molecular complexity index is 197. The summed E-state index contributed by atoms with van der Waals surface area (Å²) in [6, 6.07) is 1.54. The van der Waals surface area contributed by atoms with Gasteiger partial charge >= 0.3 is 0 Å². The van der Waals surface area contributed by atoms with Gasteiger partial charge in [0.15, 0.2) is 0 Å². The lowest BCUT2D eigenvalue weighted by Crippen LogP contribution is -1.89.